The van der Waals surface area contributed by atoms with Gasteiger partial charge in [0.2, 0.25) is 5.91 Å². The molecule has 6 aliphatic rings. The van der Waals surface area contributed by atoms with Crippen molar-refractivity contribution in [1.82, 2.24) is 9.80 Å². The lowest BCUT2D eigenvalue weighted by Crippen LogP contribution is -2.71. The van der Waals surface area contributed by atoms with Crippen LogP contribution < -0.4 is 5.73 Å². The maximum absolute atomic E-state index is 13.2. The SMILES string of the molecule is CC[C@H]1C[C@H]2C3CCC(C(C)CCCC(=O)N4CCC(N5CCCCC5)CC4)[C@@]3(C)CC[C@]2(N)C2(C)CCCCC12. The Labute approximate surface area is 253 Å². The molecule has 4 heteroatoms. The first-order chi connectivity index (χ1) is 19.7. The number of piperidine rings is 2. The first kappa shape index (κ1) is 30.4. The zero-order valence-electron chi connectivity index (χ0n) is 27.5. The van der Waals surface area contributed by atoms with Gasteiger partial charge in [-0.25, -0.2) is 0 Å². The molecule has 0 aromatic rings. The Bertz CT molecular complexity index is 908. The van der Waals surface area contributed by atoms with E-state index in [1.807, 2.05) is 0 Å². The number of likely N-dealkylation sites (tertiary alicyclic amines) is 2. The van der Waals surface area contributed by atoms with E-state index < -0.39 is 0 Å². The van der Waals surface area contributed by atoms with Crippen LogP contribution in [0.25, 0.3) is 0 Å². The Balaban J connectivity index is 1.03. The zero-order valence-corrected chi connectivity index (χ0v) is 27.5. The minimum Gasteiger partial charge on any atom is -0.343 e. The van der Waals surface area contributed by atoms with Gasteiger partial charge in [0.15, 0.2) is 0 Å². The van der Waals surface area contributed by atoms with Crippen molar-refractivity contribution in [3.05, 3.63) is 0 Å². The van der Waals surface area contributed by atoms with Gasteiger partial charge in [-0.05, 0) is 143 Å². The number of hydrogen-bond donors (Lipinski definition) is 1. The molecule has 4 saturated carbocycles. The van der Waals surface area contributed by atoms with Crippen LogP contribution >= 0.6 is 0 Å². The van der Waals surface area contributed by atoms with Gasteiger partial charge in [0.05, 0.1) is 0 Å². The Morgan fingerprint density at radius 2 is 1.61 bits per heavy atom. The standard InChI is InChI=1S/C37H65N3O/c1-5-28-26-33-32-16-15-30(35(32,3)20-21-37(33,38)36(4)19-8-7-13-31(28)36)27(2)12-11-14-34(41)40-24-17-29(18-25-40)39-22-9-6-10-23-39/h27-33H,5-26,38H2,1-4H3/t27?,28-,30?,31?,32?,33-,35+,36?,37+/m0/s1. The third kappa shape index (κ3) is 5.25. The van der Waals surface area contributed by atoms with Gasteiger partial charge in [-0.1, -0.05) is 53.4 Å². The van der Waals surface area contributed by atoms with Crippen LogP contribution in [-0.2, 0) is 4.79 Å². The maximum Gasteiger partial charge on any atom is 0.222 e. The summed E-state index contributed by atoms with van der Waals surface area (Å²) in [7, 11) is 0. The van der Waals surface area contributed by atoms with Crippen LogP contribution in [0.1, 0.15) is 143 Å². The van der Waals surface area contributed by atoms with Crippen molar-refractivity contribution in [2.75, 3.05) is 26.2 Å². The number of carbonyl (C=O) groups excluding carboxylic acids is 1. The highest BCUT2D eigenvalue weighted by atomic mass is 16.2. The molecule has 0 aromatic heterocycles. The molecular formula is C37H65N3O. The van der Waals surface area contributed by atoms with E-state index in [2.05, 4.69) is 37.5 Å². The third-order valence-corrected chi connectivity index (χ3v) is 15.2. The highest BCUT2D eigenvalue weighted by Gasteiger charge is 2.67. The maximum atomic E-state index is 13.2. The summed E-state index contributed by atoms with van der Waals surface area (Å²) in [5, 5.41) is 0. The predicted molar refractivity (Wildman–Crippen MR) is 170 cm³/mol. The highest BCUT2D eigenvalue weighted by molar-refractivity contribution is 5.76. The molecule has 6 fully saturated rings. The van der Waals surface area contributed by atoms with Crippen LogP contribution in [0.15, 0.2) is 0 Å². The summed E-state index contributed by atoms with van der Waals surface area (Å²) in [5.41, 5.74) is 8.55. The Hall–Kier alpha value is -0.610. The predicted octanol–water partition coefficient (Wildman–Crippen LogP) is 8.04. The monoisotopic (exact) mass is 568 g/mol. The molecule has 9 atom stereocenters. The van der Waals surface area contributed by atoms with Gasteiger partial charge in [0, 0.05) is 31.1 Å². The van der Waals surface area contributed by atoms with E-state index in [0.29, 0.717) is 16.7 Å². The fraction of sp³-hybridized carbons (Fsp3) is 0.973. The topological polar surface area (TPSA) is 49.6 Å². The Kier molecular flexibility index (Phi) is 8.94. The summed E-state index contributed by atoms with van der Waals surface area (Å²) in [6, 6.07) is 0.724. The second-order valence-corrected chi connectivity index (χ2v) is 16.7. The fourth-order valence-corrected chi connectivity index (χ4v) is 12.7. The molecule has 0 spiro atoms. The van der Waals surface area contributed by atoms with Crippen molar-refractivity contribution in [3.8, 4) is 0 Å². The van der Waals surface area contributed by atoms with Gasteiger partial charge >= 0.3 is 0 Å². The third-order valence-electron chi connectivity index (χ3n) is 15.2. The van der Waals surface area contributed by atoms with Gasteiger partial charge < -0.3 is 15.5 Å². The van der Waals surface area contributed by atoms with Crippen LogP contribution in [-0.4, -0.2) is 53.5 Å². The van der Waals surface area contributed by atoms with Gasteiger partial charge in [-0.3, -0.25) is 4.79 Å². The molecule has 41 heavy (non-hydrogen) atoms. The molecule has 2 N–H and O–H groups in total. The van der Waals surface area contributed by atoms with Gasteiger partial charge in [0.1, 0.15) is 0 Å². The fourth-order valence-electron chi connectivity index (χ4n) is 12.7. The van der Waals surface area contributed by atoms with Crippen LogP contribution in [0.5, 0.6) is 0 Å². The normalized spacial score (nSPS) is 44.6. The van der Waals surface area contributed by atoms with E-state index in [0.717, 1.165) is 67.5 Å². The van der Waals surface area contributed by atoms with Gasteiger partial charge in [-0.2, -0.15) is 0 Å². The number of carbonyl (C=O) groups is 1. The average molecular weight is 568 g/mol. The van der Waals surface area contributed by atoms with Crippen LogP contribution in [0.2, 0.25) is 0 Å². The molecule has 0 radical (unpaired) electrons. The van der Waals surface area contributed by atoms with Crippen molar-refractivity contribution in [2.45, 2.75) is 155 Å². The second kappa shape index (κ2) is 12.1. The first-order valence-electron chi connectivity index (χ1n) is 18.5. The van der Waals surface area contributed by atoms with Gasteiger partial charge in [0.25, 0.3) is 0 Å². The molecule has 0 aromatic carbocycles. The average Bonchev–Trinajstić information content (AvgIpc) is 3.35. The minimum absolute atomic E-state index is 0.0555. The molecule has 6 rings (SSSR count). The summed E-state index contributed by atoms with van der Waals surface area (Å²) in [4.78, 5) is 18.1. The van der Waals surface area contributed by atoms with Crippen molar-refractivity contribution < 1.29 is 4.79 Å². The first-order valence-corrected chi connectivity index (χ1v) is 18.5. The number of rotatable bonds is 7. The number of nitrogens with zero attached hydrogens (tertiary/aromatic N) is 2. The molecule has 2 saturated heterocycles. The Morgan fingerprint density at radius 1 is 0.854 bits per heavy atom. The number of amides is 1. The summed E-state index contributed by atoms with van der Waals surface area (Å²) in [5.74, 6) is 5.23. The van der Waals surface area contributed by atoms with Crippen LogP contribution in [0.4, 0.5) is 0 Å². The molecular weight excluding hydrogens is 502 g/mol. The molecule has 2 aliphatic heterocycles. The van der Waals surface area contributed by atoms with Crippen molar-refractivity contribution in [3.63, 3.8) is 0 Å². The molecule has 234 valence electrons. The minimum atomic E-state index is 0.0555. The van der Waals surface area contributed by atoms with E-state index in [4.69, 9.17) is 5.73 Å². The van der Waals surface area contributed by atoms with Gasteiger partial charge in [-0.15, -0.1) is 0 Å². The molecule has 4 nitrogen and oxygen atoms in total. The second-order valence-electron chi connectivity index (χ2n) is 16.7. The van der Waals surface area contributed by atoms with Crippen molar-refractivity contribution in [2.24, 2.45) is 52.1 Å². The molecule has 4 aliphatic carbocycles. The summed E-state index contributed by atoms with van der Waals surface area (Å²) in [6.45, 7) is 14.8. The molecule has 2 heterocycles. The van der Waals surface area contributed by atoms with Crippen molar-refractivity contribution >= 4 is 5.91 Å². The van der Waals surface area contributed by atoms with E-state index >= 15 is 0 Å². The summed E-state index contributed by atoms with van der Waals surface area (Å²) in [6.07, 6.45) is 23.3. The van der Waals surface area contributed by atoms with E-state index in [9.17, 15) is 4.79 Å². The van der Waals surface area contributed by atoms with E-state index in [1.165, 1.54) is 116 Å². The molecule has 1 amide bonds. The van der Waals surface area contributed by atoms with Crippen LogP contribution in [0, 0.1) is 46.3 Å². The number of fused-ring (bicyclic) bond motifs is 5. The lowest BCUT2D eigenvalue weighted by molar-refractivity contribution is -0.154. The number of hydrogen-bond acceptors (Lipinski definition) is 3. The number of nitrogens with two attached hydrogens (primary N) is 1. The Morgan fingerprint density at radius 3 is 2.34 bits per heavy atom. The van der Waals surface area contributed by atoms with Crippen molar-refractivity contribution in [1.29, 1.82) is 0 Å². The lowest BCUT2D eigenvalue weighted by Gasteiger charge is -2.68. The lowest BCUT2D eigenvalue weighted by atomic mass is 9.39. The smallest absolute Gasteiger partial charge is 0.222 e. The van der Waals surface area contributed by atoms with E-state index in [1.54, 1.807) is 0 Å². The largest absolute Gasteiger partial charge is 0.343 e. The quantitative estimate of drug-likeness (QED) is 0.339. The summed E-state index contributed by atoms with van der Waals surface area (Å²) >= 11 is 0. The molecule has 5 unspecified atom stereocenters. The molecule has 0 bridgehead atoms. The zero-order chi connectivity index (χ0) is 28.8. The highest BCUT2D eigenvalue weighted by Crippen LogP contribution is 2.70. The van der Waals surface area contributed by atoms with Crippen LogP contribution in [0.3, 0.4) is 0 Å². The summed E-state index contributed by atoms with van der Waals surface area (Å²) < 4.78 is 0. The van der Waals surface area contributed by atoms with E-state index in [-0.39, 0.29) is 5.54 Å².